The second-order valence-corrected chi connectivity index (χ2v) is 7.41. The standard InChI is InChI=1S/C14H13Br2NOS/c1-2-17(9-10-7-8-13(16)19-10)14(18)11-5-3-4-6-12(11)15/h3-8H,2,9H2,1H3. The molecule has 2 aromatic rings. The lowest BCUT2D eigenvalue weighted by atomic mass is 10.2. The smallest absolute Gasteiger partial charge is 0.255 e. The monoisotopic (exact) mass is 401 g/mol. The van der Waals surface area contributed by atoms with Gasteiger partial charge in [0, 0.05) is 15.9 Å². The minimum Gasteiger partial charge on any atom is -0.334 e. The number of thiophene rings is 1. The molecule has 5 heteroatoms. The van der Waals surface area contributed by atoms with Crippen molar-refractivity contribution in [1.29, 1.82) is 0 Å². The second kappa shape index (κ2) is 6.68. The first-order chi connectivity index (χ1) is 9.11. The van der Waals surface area contributed by atoms with Gasteiger partial charge in [-0.2, -0.15) is 0 Å². The topological polar surface area (TPSA) is 20.3 Å². The number of hydrogen-bond acceptors (Lipinski definition) is 2. The molecule has 0 aliphatic rings. The van der Waals surface area contributed by atoms with E-state index in [1.54, 1.807) is 11.3 Å². The Balaban J connectivity index is 2.18. The quantitative estimate of drug-likeness (QED) is 0.709. The van der Waals surface area contributed by atoms with E-state index >= 15 is 0 Å². The van der Waals surface area contributed by atoms with E-state index in [1.165, 1.54) is 4.88 Å². The lowest BCUT2D eigenvalue weighted by molar-refractivity contribution is 0.0753. The first-order valence-electron chi connectivity index (χ1n) is 5.90. The van der Waals surface area contributed by atoms with Crippen LogP contribution >= 0.6 is 43.2 Å². The molecule has 0 N–H and O–H groups in total. The minimum atomic E-state index is 0.0551. The van der Waals surface area contributed by atoms with Crippen molar-refractivity contribution in [3.8, 4) is 0 Å². The number of nitrogens with zero attached hydrogens (tertiary/aromatic N) is 1. The van der Waals surface area contributed by atoms with E-state index in [-0.39, 0.29) is 5.91 Å². The van der Waals surface area contributed by atoms with Gasteiger partial charge in [-0.05, 0) is 63.0 Å². The predicted octanol–water partition coefficient (Wildman–Crippen LogP) is 4.94. The molecule has 0 bridgehead atoms. The summed E-state index contributed by atoms with van der Waals surface area (Å²) in [5.74, 6) is 0.0551. The first kappa shape index (κ1) is 14.8. The molecule has 0 radical (unpaired) electrons. The third-order valence-corrected chi connectivity index (χ3v) is 5.05. The van der Waals surface area contributed by atoms with E-state index in [4.69, 9.17) is 0 Å². The van der Waals surface area contributed by atoms with Crippen LogP contribution in [-0.2, 0) is 6.54 Å². The van der Waals surface area contributed by atoms with Crippen LogP contribution in [0.1, 0.15) is 22.2 Å². The molecular weight excluding hydrogens is 390 g/mol. The third kappa shape index (κ3) is 3.68. The van der Waals surface area contributed by atoms with Gasteiger partial charge in [-0.3, -0.25) is 4.79 Å². The Bertz CT molecular complexity index is 582. The minimum absolute atomic E-state index is 0.0551. The summed E-state index contributed by atoms with van der Waals surface area (Å²) < 4.78 is 1.93. The van der Waals surface area contributed by atoms with E-state index < -0.39 is 0 Å². The molecule has 0 aliphatic carbocycles. The SMILES string of the molecule is CCN(Cc1ccc(Br)s1)C(=O)c1ccccc1Br. The highest BCUT2D eigenvalue weighted by molar-refractivity contribution is 9.11. The average molecular weight is 403 g/mol. The fourth-order valence-corrected chi connectivity index (χ4v) is 3.71. The lowest BCUT2D eigenvalue weighted by Gasteiger charge is -2.20. The van der Waals surface area contributed by atoms with Gasteiger partial charge in [0.25, 0.3) is 5.91 Å². The third-order valence-electron chi connectivity index (χ3n) is 2.75. The highest BCUT2D eigenvalue weighted by Gasteiger charge is 2.17. The van der Waals surface area contributed by atoms with Crippen LogP contribution in [0.3, 0.4) is 0 Å². The molecule has 0 saturated heterocycles. The maximum Gasteiger partial charge on any atom is 0.255 e. The molecule has 0 aliphatic heterocycles. The van der Waals surface area contributed by atoms with Crippen LogP contribution in [0.15, 0.2) is 44.7 Å². The van der Waals surface area contributed by atoms with Gasteiger partial charge in [0.05, 0.1) is 15.9 Å². The summed E-state index contributed by atoms with van der Waals surface area (Å²) >= 11 is 8.54. The molecule has 0 saturated carbocycles. The molecule has 19 heavy (non-hydrogen) atoms. The summed E-state index contributed by atoms with van der Waals surface area (Å²) in [6.45, 7) is 3.33. The van der Waals surface area contributed by atoms with Gasteiger partial charge in [0.1, 0.15) is 0 Å². The molecular formula is C14H13Br2NOS. The average Bonchev–Trinajstić information content (AvgIpc) is 2.81. The highest BCUT2D eigenvalue weighted by Crippen LogP contribution is 2.24. The van der Waals surface area contributed by atoms with Crippen LogP contribution in [0.2, 0.25) is 0 Å². The second-order valence-electron chi connectivity index (χ2n) is 4.00. The van der Waals surface area contributed by atoms with Gasteiger partial charge in [0.2, 0.25) is 0 Å². The summed E-state index contributed by atoms with van der Waals surface area (Å²) in [7, 11) is 0. The zero-order valence-corrected chi connectivity index (χ0v) is 14.4. The first-order valence-corrected chi connectivity index (χ1v) is 8.30. The number of carbonyl (C=O) groups is 1. The molecule has 0 fully saturated rings. The van der Waals surface area contributed by atoms with E-state index in [2.05, 4.69) is 31.9 Å². The summed E-state index contributed by atoms with van der Waals surface area (Å²) in [5.41, 5.74) is 0.708. The number of hydrogen-bond donors (Lipinski definition) is 0. The molecule has 0 atom stereocenters. The Hall–Kier alpha value is -0.650. The van der Waals surface area contributed by atoms with Crippen LogP contribution < -0.4 is 0 Å². The molecule has 1 aromatic carbocycles. The Morgan fingerprint density at radius 1 is 1.21 bits per heavy atom. The van der Waals surface area contributed by atoms with E-state index in [0.29, 0.717) is 18.7 Å². The highest BCUT2D eigenvalue weighted by atomic mass is 79.9. The van der Waals surface area contributed by atoms with E-state index in [1.807, 2.05) is 48.2 Å². The van der Waals surface area contributed by atoms with Crippen LogP contribution in [-0.4, -0.2) is 17.4 Å². The fraction of sp³-hybridized carbons (Fsp3) is 0.214. The summed E-state index contributed by atoms with van der Waals surface area (Å²) in [4.78, 5) is 15.5. The molecule has 1 heterocycles. The molecule has 2 nitrogen and oxygen atoms in total. The largest absolute Gasteiger partial charge is 0.334 e. The van der Waals surface area contributed by atoms with Gasteiger partial charge in [-0.1, -0.05) is 12.1 Å². The number of carbonyl (C=O) groups excluding carboxylic acids is 1. The lowest BCUT2D eigenvalue weighted by Crippen LogP contribution is -2.30. The summed E-state index contributed by atoms with van der Waals surface area (Å²) in [6, 6.07) is 11.6. The van der Waals surface area contributed by atoms with Gasteiger partial charge in [-0.25, -0.2) is 0 Å². The Kier molecular flexibility index (Phi) is 5.19. The predicted molar refractivity (Wildman–Crippen MR) is 86.6 cm³/mol. The van der Waals surface area contributed by atoms with Crippen molar-refractivity contribution in [2.24, 2.45) is 0 Å². The molecule has 2 rings (SSSR count). The number of halogens is 2. The molecule has 1 aromatic heterocycles. The van der Waals surface area contributed by atoms with Gasteiger partial charge in [0.15, 0.2) is 0 Å². The summed E-state index contributed by atoms with van der Waals surface area (Å²) in [5, 5.41) is 0. The zero-order valence-electron chi connectivity index (χ0n) is 10.4. The van der Waals surface area contributed by atoms with Gasteiger partial charge >= 0.3 is 0 Å². The summed E-state index contributed by atoms with van der Waals surface area (Å²) in [6.07, 6.45) is 0. The maximum atomic E-state index is 12.5. The van der Waals surface area contributed by atoms with Crippen molar-refractivity contribution in [1.82, 2.24) is 4.90 Å². The molecule has 0 spiro atoms. The zero-order chi connectivity index (χ0) is 13.8. The van der Waals surface area contributed by atoms with Gasteiger partial charge in [-0.15, -0.1) is 11.3 Å². The van der Waals surface area contributed by atoms with Crippen molar-refractivity contribution in [2.45, 2.75) is 13.5 Å². The van der Waals surface area contributed by atoms with Crippen molar-refractivity contribution in [3.05, 3.63) is 55.1 Å². The van der Waals surface area contributed by atoms with Crippen molar-refractivity contribution in [2.75, 3.05) is 6.54 Å². The Morgan fingerprint density at radius 3 is 2.53 bits per heavy atom. The van der Waals surface area contributed by atoms with Crippen LogP contribution in [0.25, 0.3) is 0 Å². The van der Waals surface area contributed by atoms with E-state index in [9.17, 15) is 4.79 Å². The molecule has 100 valence electrons. The number of rotatable bonds is 4. The Labute approximate surface area is 133 Å². The van der Waals surface area contributed by atoms with Crippen LogP contribution in [0, 0.1) is 0 Å². The van der Waals surface area contributed by atoms with Crippen LogP contribution in [0.5, 0.6) is 0 Å². The maximum absolute atomic E-state index is 12.5. The van der Waals surface area contributed by atoms with Crippen LogP contribution in [0.4, 0.5) is 0 Å². The molecule has 0 unspecified atom stereocenters. The number of amides is 1. The normalized spacial score (nSPS) is 10.5. The number of benzene rings is 1. The Morgan fingerprint density at radius 2 is 1.95 bits per heavy atom. The fourth-order valence-electron chi connectivity index (χ4n) is 1.76. The molecule has 1 amide bonds. The van der Waals surface area contributed by atoms with Crippen molar-refractivity contribution >= 4 is 49.1 Å². The van der Waals surface area contributed by atoms with Gasteiger partial charge < -0.3 is 4.90 Å². The van der Waals surface area contributed by atoms with Crippen molar-refractivity contribution < 1.29 is 4.79 Å². The van der Waals surface area contributed by atoms with E-state index in [0.717, 1.165) is 8.26 Å². The van der Waals surface area contributed by atoms with Crippen molar-refractivity contribution in [3.63, 3.8) is 0 Å².